The van der Waals surface area contributed by atoms with Crippen molar-refractivity contribution < 1.29 is 23.4 Å². The lowest BCUT2D eigenvalue weighted by molar-refractivity contribution is -0.121. The Labute approximate surface area is 127 Å². The molecule has 1 heterocycles. The summed E-state index contributed by atoms with van der Waals surface area (Å²) < 4.78 is 28.3. The van der Waals surface area contributed by atoms with E-state index in [1.54, 1.807) is 12.1 Å². The molecule has 1 aromatic rings. The van der Waals surface area contributed by atoms with Gasteiger partial charge < -0.3 is 20.5 Å². The van der Waals surface area contributed by atoms with Gasteiger partial charge >= 0.3 is 6.61 Å². The van der Waals surface area contributed by atoms with Crippen LogP contribution in [0.5, 0.6) is 5.75 Å². The van der Waals surface area contributed by atoms with E-state index in [9.17, 15) is 18.7 Å². The minimum Gasteiger partial charge on any atom is -0.435 e. The average molecular weight is 314 g/mol. The lowest BCUT2D eigenvalue weighted by Gasteiger charge is -2.14. The Bertz CT molecular complexity index is 482. The fraction of sp³-hybridized carbons (Fsp3) is 0.533. The molecule has 22 heavy (non-hydrogen) atoms. The highest BCUT2D eigenvalue weighted by atomic mass is 19.3. The maximum Gasteiger partial charge on any atom is 0.387 e. The molecule has 1 aliphatic heterocycles. The third-order valence-electron chi connectivity index (χ3n) is 3.65. The Morgan fingerprint density at radius 2 is 2.09 bits per heavy atom. The second kappa shape index (κ2) is 8.05. The predicted molar refractivity (Wildman–Crippen MR) is 76.8 cm³/mol. The van der Waals surface area contributed by atoms with E-state index in [1.807, 2.05) is 0 Å². The molecule has 3 N–H and O–H groups in total. The van der Waals surface area contributed by atoms with E-state index in [4.69, 9.17) is 0 Å². The van der Waals surface area contributed by atoms with Gasteiger partial charge in [-0.2, -0.15) is 8.78 Å². The molecule has 2 atom stereocenters. The number of carbonyl (C=O) groups excluding carboxylic acids is 1. The smallest absolute Gasteiger partial charge is 0.387 e. The van der Waals surface area contributed by atoms with Crippen LogP contribution in [0, 0.1) is 5.92 Å². The van der Waals surface area contributed by atoms with Crippen LogP contribution in [0.4, 0.5) is 8.78 Å². The first-order chi connectivity index (χ1) is 10.5. The number of amides is 1. The molecule has 5 nitrogen and oxygen atoms in total. The Morgan fingerprint density at radius 1 is 1.36 bits per heavy atom. The van der Waals surface area contributed by atoms with E-state index >= 15 is 0 Å². The van der Waals surface area contributed by atoms with Crippen LogP contribution in [-0.4, -0.2) is 43.4 Å². The standard InChI is InChI=1S/C15H20F2N2O3/c16-15(17)22-12-4-1-10(2-5-12)3-6-14(21)19-8-11-7-18-9-13(11)20/h1-2,4-5,11,13,15,18,20H,3,6-9H2,(H,19,21). The monoisotopic (exact) mass is 314 g/mol. The molecule has 1 saturated heterocycles. The van der Waals surface area contributed by atoms with Crippen LogP contribution in [0.1, 0.15) is 12.0 Å². The minimum absolute atomic E-state index is 0.0507. The average Bonchev–Trinajstić information content (AvgIpc) is 2.89. The number of nitrogens with one attached hydrogen (secondary N) is 2. The van der Waals surface area contributed by atoms with Crippen molar-refractivity contribution in [2.75, 3.05) is 19.6 Å². The Morgan fingerprint density at radius 3 is 2.68 bits per heavy atom. The molecule has 2 unspecified atom stereocenters. The third-order valence-corrected chi connectivity index (χ3v) is 3.65. The summed E-state index contributed by atoms with van der Waals surface area (Å²) in [4.78, 5) is 11.8. The van der Waals surface area contributed by atoms with Crippen LogP contribution >= 0.6 is 0 Å². The first-order valence-corrected chi connectivity index (χ1v) is 7.24. The molecule has 0 bridgehead atoms. The second-order valence-corrected chi connectivity index (χ2v) is 5.31. The lowest BCUT2D eigenvalue weighted by atomic mass is 10.1. The van der Waals surface area contributed by atoms with Gasteiger partial charge in [0.2, 0.25) is 5.91 Å². The first kappa shape index (κ1) is 16.6. The van der Waals surface area contributed by atoms with Gasteiger partial charge in [-0.15, -0.1) is 0 Å². The second-order valence-electron chi connectivity index (χ2n) is 5.31. The Hall–Kier alpha value is -1.73. The van der Waals surface area contributed by atoms with Gasteiger partial charge in [-0.1, -0.05) is 12.1 Å². The third kappa shape index (κ3) is 5.23. The molecular weight excluding hydrogens is 294 g/mol. The van der Waals surface area contributed by atoms with Crippen molar-refractivity contribution in [3.05, 3.63) is 29.8 Å². The largest absolute Gasteiger partial charge is 0.435 e. The lowest BCUT2D eigenvalue weighted by Crippen LogP contribution is -2.34. The Balaban J connectivity index is 1.69. The maximum absolute atomic E-state index is 12.0. The normalized spacial score (nSPS) is 21.1. The number of alkyl halides is 2. The number of ether oxygens (including phenoxy) is 1. The van der Waals surface area contributed by atoms with E-state index in [1.165, 1.54) is 12.1 Å². The number of carbonyl (C=O) groups is 1. The highest BCUT2D eigenvalue weighted by Crippen LogP contribution is 2.15. The van der Waals surface area contributed by atoms with Crippen LogP contribution < -0.4 is 15.4 Å². The maximum atomic E-state index is 12.0. The molecule has 1 amide bonds. The SMILES string of the molecule is O=C(CCc1ccc(OC(F)F)cc1)NCC1CNCC1O. The van der Waals surface area contributed by atoms with Gasteiger partial charge in [0.15, 0.2) is 0 Å². The fourth-order valence-electron chi connectivity index (χ4n) is 2.36. The highest BCUT2D eigenvalue weighted by molar-refractivity contribution is 5.76. The molecule has 0 spiro atoms. The number of aliphatic hydroxyl groups is 1. The van der Waals surface area contributed by atoms with Gasteiger partial charge in [-0.25, -0.2) is 0 Å². The van der Waals surface area contributed by atoms with E-state index in [2.05, 4.69) is 15.4 Å². The number of aryl methyl sites for hydroxylation is 1. The molecule has 1 aromatic carbocycles. The number of β-amino-alcohol motifs (C(OH)–C–C–N with tert-alkyl or cyclic N) is 1. The summed E-state index contributed by atoms with van der Waals surface area (Å²) in [6.45, 7) is -1.12. The fourth-order valence-corrected chi connectivity index (χ4v) is 2.36. The van der Waals surface area contributed by atoms with Crippen molar-refractivity contribution in [1.82, 2.24) is 10.6 Å². The number of rotatable bonds is 7. The summed E-state index contributed by atoms with van der Waals surface area (Å²) in [5, 5.41) is 15.5. The minimum atomic E-state index is -2.84. The van der Waals surface area contributed by atoms with Gasteiger partial charge in [-0.05, 0) is 24.1 Å². The zero-order chi connectivity index (χ0) is 15.9. The summed E-state index contributed by atoms with van der Waals surface area (Å²) in [6, 6.07) is 6.24. The number of aliphatic hydroxyl groups excluding tert-OH is 1. The van der Waals surface area contributed by atoms with Crippen molar-refractivity contribution in [2.45, 2.75) is 25.6 Å². The van der Waals surface area contributed by atoms with Gasteiger partial charge in [0.25, 0.3) is 0 Å². The zero-order valence-electron chi connectivity index (χ0n) is 12.1. The Kier molecular flexibility index (Phi) is 6.09. The van der Waals surface area contributed by atoms with Crippen molar-refractivity contribution in [1.29, 1.82) is 0 Å². The number of halogens is 2. The quantitative estimate of drug-likeness (QED) is 0.700. The van der Waals surface area contributed by atoms with Crippen LogP contribution in [0.25, 0.3) is 0 Å². The number of benzene rings is 1. The molecule has 122 valence electrons. The van der Waals surface area contributed by atoms with E-state index in [0.29, 0.717) is 32.5 Å². The molecule has 0 saturated carbocycles. The predicted octanol–water partition coefficient (Wildman–Crippen LogP) is 0.917. The molecule has 0 aromatic heterocycles. The molecular formula is C15H20F2N2O3. The molecule has 7 heteroatoms. The summed E-state index contributed by atoms with van der Waals surface area (Å²) in [7, 11) is 0. The van der Waals surface area contributed by atoms with Gasteiger partial charge in [-0.3, -0.25) is 4.79 Å². The van der Waals surface area contributed by atoms with Crippen molar-refractivity contribution in [3.8, 4) is 5.75 Å². The van der Waals surface area contributed by atoms with Crippen molar-refractivity contribution in [2.24, 2.45) is 5.92 Å². The highest BCUT2D eigenvalue weighted by Gasteiger charge is 2.24. The van der Waals surface area contributed by atoms with E-state index < -0.39 is 12.7 Å². The molecule has 1 fully saturated rings. The van der Waals surface area contributed by atoms with Crippen molar-refractivity contribution >= 4 is 5.91 Å². The summed E-state index contributed by atoms with van der Waals surface area (Å²) >= 11 is 0. The van der Waals surface area contributed by atoms with Crippen LogP contribution in [0.2, 0.25) is 0 Å². The molecule has 0 radical (unpaired) electrons. The van der Waals surface area contributed by atoms with Gasteiger partial charge in [0.1, 0.15) is 5.75 Å². The summed E-state index contributed by atoms with van der Waals surface area (Å²) in [6.07, 6.45) is 0.417. The number of hydrogen-bond donors (Lipinski definition) is 3. The van der Waals surface area contributed by atoms with E-state index in [0.717, 1.165) is 5.56 Å². The van der Waals surface area contributed by atoms with Crippen molar-refractivity contribution in [3.63, 3.8) is 0 Å². The number of hydrogen-bond acceptors (Lipinski definition) is 4. The summed E-state index contributed by atoms with van der Waals surface area (Å²) in [5.41, 5.74) is 0.874. The van der Waals surface area contributed by atoms with Gasteiger partial charge in [0.05, 0.1) is 6.10 Å². The van der Waals surface area contributed by atoms with Crippen LogP contribution in [0.3, 0.4) is 0 Å². The zero-order valence-corrected chi connectivity index (χ0v) is 12.1. The molecule has 0 aliphatic carbocycles. The topological polar surface area (TPSA) is 70.6 Å². The first-order valence-electron chi connectivity index (χ1n) is 7.24. The summed E-state index contributed by atoms with van der Waals surface area (Å²) in [5.74, 6) is 0.0626. The van der Waals surface area contributed by atoms with E-state index in [-0.39, 0.29) is 17.6 Å². The van der Waals surface area contributed by atoms with Crippen LogP contribution in [0.15, 0.2) is 24.3 Å². The van der Waals surface area contributed by atoms with Gasteiger partial charge in [0, 0.05) is 32.0 Å². The molecule has 2 rings (SSSR count). The van der Waals surface area contributed by atoms with Crippen LogP contribution in [-0.2, 0) is 11.2 Å². The molecule has 1 aliphatic rings.